The van der Waals surface area contributed by atoms with Gasteiger partial charge in [0.05, 0.1) is 17.7 Å². The van der Waals surface area contributed by atoms with E-state index in [2.05, 4.69) is 29.9 Å². The molecule has 0 fully saturated rings. The number of nitrogens with zero attached hydrogens (tertiary/aromatic N) is 3. The molecule has 0 atom stereocenters. The molecule has 0 saturated carbocycles. The summed E-state index contributed by atoms with van der Waals surface area (Å²) in [6.07, 6.45) is 19.5. The number of benzene rings is 2. The van der Waals surface area contributed by atoms with Crippen LogP contribution < -0.4 is 9.47 Å². The quantitative estimate of drug-likeness (QED) is 0.0908. The van der Waals surface area contributed by atoms with E-state index in [9.17, 15) is 10.1 Å². The van der Waals surface area contributed by atoms with Crippen LogP contribution in [0.2, 0.25) is 0 Å². The van der Waals surface area contributed by atoms with Crippen LogP contribution in [0.15, 0.2) is 54.9 Å². The highest BCUT2D eigenvalue weighted by Crippen LogP contribution is 2.23. The van der Waals surface area contributed by atoms with Gasteiger partial charge in [0, 0.05) is 18.0 Å². The number of carbonyl (C=O) groups is 1. The molecule has 40 heavy (non-hydrogen) atoms. The fourth-order valence-electron chi connectivity index (χ4n) is 4.52. The highest BCUT2D eigenvalue weighted by Gasteiger charge is 2.13. The molecule has 0 N–H and O–H groups in total. The smallest absolute Gasteiger partial charge is 0.343 e. The van der Waals surface area contributed by atoms with E-state index < -0.39 is 5.97 Å². The molecule has 6 heteroatoms. The van der Waals surface area contributed by atoms with Gasteiger partial charge in [0.15, 0.2) is 5.82 Å². The molecule has 1 aromatic heterocycles. The third-order valence-electron chi connectivity index (χ3n) is 6.94. The second kappa shape index (κ2) is 17.8. The van der Waals surface area contributed by atoms with Crippen molar-refractivity contribution in [3.8, 4) is 29.0 Å². The van der Waals surface area contributed by atoms with Crippen molar-refractivity contribution in [3.63, 3.8) is 0 Å². The van der Waals surface area contributed by atoms with Gasteiger partial charge in [-0.25, -0.2) is 14.8 Å². The first-order valence-electron chi connectivity index (χ1n) is 14.9. The first-order chi connectivity index (χ1) is 19.6. The van der Waals surface area contributed by atoms with Crippen molar-refractivity contribution in [2.75, 3.05) is 6.61 Å². The zero-order valence-corrected chi connectivity index (χ0v) is 24.2. The third-order valence-corrected chi connectivity index (χ3v) is 6.94. The fraction of sp³-hybridized carbons (Fsp3) is 0.471. The molecule has 0 radical (unpaired) electrons. The van der Waals surface area contributed by atoms with Crippen molar-refractivity contribution in [1.82, 2.24) is 9.97 Å². The van der Waals surface area contributed by atoms with Crippen LogP contribution in [0, 0.1) is 11.3 Å². The number of aromatic nitrogens is 2. The van der Waals surface area contributed by atoms with Crippen molar-refractivity contribution in [2.24, 2.45) is 0 Å². The van der Waals surface area contributed by atoms with Crippen LogP contribution in [0.3, 0.4) is 0 Å². The highest BCUT2D eigenvalue weighted by atomic mass is 16.5. The molecule has 3 rings (SSSR count). The van der Waals surface area contributed by atoms with Crippen LogP contribution in [0.25, 0.3) is 11.4 Å². The van der Waals surface area contributed by atoms with E-state index in [0.717, 1.165) is 30.4 Å². The molecule has 212 valence electrons. The molecule has 0 unspecified atom stereocenters. The summed E-state index contributed by atoms with van der Waals surface area (Å²) in [5, 5.41) is 9.54. The van der Waals surface area contributed by atoms with Gasteiger partial charge in [0.25, 0.3) is 0 Å². The summed E-state index contributed by atoms with van der Waals surface area (Å²) in [5.74, 6) is 1.02. The Morgan fingerprint density at radius 2 is 1.43 bits per heavy atom. The zero-order valence-electron chi connectivity index (χ0n) is 24.2. The summed E-state index contributed by atoms with van der Waals surface area (Å²) in [7, 11) is 0. The standard InChI is InChI=1S/C34H43N3O3/c1-3-5-7-9-10-11-13-15-27-25-36-33(37-26-27)28-16-19-31(20-17-28)40-34(38)29-18-21-32(30(23-29)24-35)39-22-14-12-8-6-4-2/h16-21,23,25-26H,3-15,22H2,1-2H3. The summed E-state index contributed by atoms with van der Waals surface area (Å²) >= 11 is 0. The number of nitriles is 1. The van der Waals surface area contributed by atoms with E-state index in [1.165, 1.54) is 70.3 Å². The number of hydrogen-bond acceptors (Lipinski definition) is 6. The van der Waals surface area contributed by atoms with Crippen LogP contribution in [0.4, 0.5) is 0 Å². The Kier molecular flexibility index (Phi) is 13.7. The Balaban J connectivity index is 1.48. The molecule has 1 heterocycles. The van der Waals surface area contributed by atoms with Crippen molar-refractivity contribution in [3.05, 3.63) is 71.5 Å². The van der Waals surface area contributed by atoms with Gasteiger partial charge in [-0.05, 0) is 67.3 Å². The minimum atomic E-state index is -0.527. The van der Waals surface area contributed by atoms with Gasteiger partial charge in [0.1, 0.15) is 17.6 Å². The van der Waals surface area contributed by atoms with Crippen LogP contribution in [0.1, 0.15) is 112 Å². The molecule has 6 nitrogen and oxygen atoms in total. The first-order valence-corrected chi connectivity index (χ1v) is 14.9. The number of hydrogen-bond donors (Lipinski definition) is 0. The molecule has 0 bridgehead atoms. The lowest BCUT2D eigenvalue weighted by molar-refractivity contribution is 0.0734. The fourth-order valence-corrected chi connectivity index (χ4v) is 4.52. The van der Waals surface area contributed by atoms with Crippen molar-refractivity contribution in [1.29, 1.82) is 5.26 Å². The van der Waals surface area contributed by atoms with Gasteiger partial charge < -0.3 is 9.47 Å². The first kappa shape index (κ1) is 30.8. The number of carbonyl (C=O) groups excluding carboxylic acids is 1. The number of esters is 1. The molecule has 0 aliphatic rings. The lowest BCUT2D eigenvalue weighted by Crippen LogP contribution is -2.09. The zero-order chi connectivity index (χ0) is 28.4. The molecule has 0 saturated heterocycles. The Hall–Kier alpha value is -3.72. The van der Waals surface area contributed by atoms with Gasteiger partial charge in [-0.1, -0.05) is 78.1 Å². The van der Waals surface area contributed by atoms with E-state index in [0.29, 0.717) is 35.1 Å². The van der Waals surface area contributed by atoms with E-state index in [1.54, 1.807) is 24.3 Å². The number of aryl methyl sites for hydroxylation is 1. The van der Waals surface area contributed by atoms with Gasteiger partial charge in [-0.15, -0.1) is 0 Å². The minimum Gasteiger partial charge on any atom is -0.492 e. The van der Waals surface area contributed by atoms with E-state index in [-0.39, 0.29) is 0 Å². The van der Waals surface area contributed by atoms with Gasteiger partial charge in [-0.3, -0.25) is 0 Å². The van der Waals surface area contributed by atoms with E-state index in [4.69, 9.17) is 9.47 Å². The summed E-state index contributed by atoms with van der Waals surface area (Å²) in [6.45, 7) is 4.98. The Morgan fingerprint density at radius 1 is 0.800 bits per heavy atom. The molecular weight excluding hydrogens is 498 g/mol. The predicted octanol–water partition coefficient (Wildman–Crippen LogP) is 8.88. The average molecular weight is 542 g/mol. The lowest BCUT2D eigenvalue weighted by Gasteiger charge is -2.10. The maximum Gasteiger partial charge on any atom is 0.343 e. The van der Waals surface area contributed by atoms with Crippen LogP contribution >= 0.6 is 0 Å². The summed E-state index contributed by atoms with van der Waals surface area (Å²) in [5.41, 5.74) is 2.63. The number of rotatable bonds is 18. The van der Waals surface area contributed by atoms with Gasteiger partial charge in [0.2, 0.25) is 0 Å². The Labute approximate surface area is 239 Å². The minimum absolute atomic E-state index is 0.302. The predicted molar refractivity (Wildman–Crippen MR) is 160 cm³/mol. The van der Waals surface area contributed by atoms with Gasteiger partial charge >= 0.3 is 5.97 Å². The highest BCUT2D eigenvalue weighted by molar-refractivity contribution is 5.91. The van der Waals surface area contributed by atoms with Crippen molar-refractivity contribution in [2.45, 2.75) is 97.3 Å². The largest absolute Gasteiger partial charge is 0.492 e. The summed E-state index contributed by atoms with van der Waals surface area (Å²) < 4.78 is 11.3. The van der Waals surface area contributed by atoms with Crippen LogP contribution in [-0.2, 0) is 6.42 Å². The molecule has 0 aliphatic carbocycles. The van der Waals surface area contributed by atoms with Crippen LogP contribution in [-0.4, -0.2) is 22.5 Å². The monoisotopic (exact) mass is 541 g/mol. The van der Waals surface area contributed by atoms with E-state index in [1.807, 2.05) is 24.5 Å². The molecule has 0 spiro atoms. The van der Waals surface area contributed by atoms with Crippen LogP contribution in [0.5, 0.6) is 11.5 Å². The molecule has 3 aromatic rings. The van der Waals surface area contributed by atoms with Crippen molar-refractivity contribution >= 4 is 5.97 Å². The third kappa shape index (κ3) is 10.4. The molecule has 0 amide bonds. The normalized spacial score (nSPS) is 10.7. The molecule has 0 aliphatic heterocycles. The second-order valence-electron chi connectivity index (χ2n) is 10.3. The number of ether oxygens (including phenoxy) is 2. The molecule has 2 aromatic carbocycles. The Morgan fingerprint density at radius 3 is 2.08 bits per heavy atom. The maximum atomic E-state index is 12.7. The van der Waals surface area contributed by atoms with E-state index >= 15 is 0 Å². The van der Waals surface area contributed by atoms with Crippen molar-refractivity contribution < 1.29 is 14.3 Å². The summed E-state index contributed by atoms with van der Waals surface area (Å²) in [6, 6.07) is 14.1. The molecular formula is C34H43N3O3. The SMILES string of the molecule is CCCCCCCCCc1cnc(-c2ccc(OC(=O)c3ccc(OCCCCCCC)c(C#N)c3)cc2)nc1. The lowest BCUT2D eigenvalue weighted by atomic mass is 10.1. The average Bonchev–Trinajstić information content (AvgIpc) is 2.99. The topological polar surface area (TPSA) is 85.1 Å². The number of unbranched alkanes of at least 4 members (excludes halogenated alkanes) is 10. The summed E-state index contributed by atoms with van der Waals surface area (Å²) in [4.78, 5) is 21.8. The second-order valence-corrected chi connectivity index (χ2v) is 10.3. The Bertz CT molecular complexity index is 1200. The van der Waals surface area contributed by atoms with Gasteiger partial charge in [-0.2, -0.15) is 5.26 Å². The maximum absolute atomic E-state index is 12.7.